The van der Waals surface area contributed by atoms with E-state index in [0.29, 0.717) is 0 Å². The van der Waals surface area contributed by atoms with E-state index in [0.717, 1.165) is 37.1 Å². The minimum absolute atomic E-state index is 0.0521. The second-order valence-electron chi connectivity index (χ2n) is 5.33. The number of carbonyl (C=O) groups excluding carboxylic acids is 1. The first-order valence-electron chi connectivity index (χ1n) is 7.39. The third-order valence-corrected chi connectivity index (χ3v) is 3.84. The molecule has 4 nitrogen and oxygen atoms in total. The van der Waals surface area contributed by atoms with Gasteiger partial charge in [0, 0.05) is 5.56 Å². The molecule has 1 aromatic carbocycles. The maximum Gasteiger partial charge on any atom is 0.237 e. The van der Waals surface area contributed by atoms with Crippen molar-refractivity contribution in [2.75, 3.05) is 13.7 Å². The molecule has 1 aliphatic rings. The Balaban J connectivity index is 1.99. The Kier molecular flexibility index (Phi) is 5.41. The van der Waals surface area contributed by atoms with Gasteiger partial charge in [0.05, 0.1) is 19.2 Å². The van der Waals surface area contributed by atoms with Crippen LogP contribution < -0.4 is 15.4 Å². The van der Waals surface area contributed by atoms with Gasteiger partial charge in [-0.3, -0.25) is 4.79 Å². The normalized spacial score (nSPS) is 20.8. The maximum absolute atomic E-state index is 12.3. The third-order valence-electron chi connectivity index (χ3n) is 3.84. The molecule has 0 spiro atoms. The number of hydrogen-bond donors (Lipinski definition) is 2. The first kappa shape index (κ1) is 14.9. The van der Waals surface area contributed by atoms with Crippen molar-refractivity contribution in [2.24, 2.45) is 0 Å². The number of para-hydroxylation sites is 1. The van der Waals surface area contributed by atoms with Crippen LogP contribution >= 0.6 is 0 Å². The third kappa shape index (κ3) is 3.73. The van der Waals surface area contributed by atoms with Crippen LogP contribution in [0.25, 0.3) is 0 Å². The molecule has 1 unspecified atom stereocenters. The van der Waals surface area contributed by atoms with Crippen molar-refractivity contribution in [3.05, 3.63) is 29.8 Å². The monoisotopic (exact) mass is 276 g/mol. The Morgan fingerprint density at radius 1 is 1.35 bits per heavy atom. The molecule has 1 aromatic rings. The van der Waals surface area contributed by atoms with Crippen molar-refractivity contribution in [1.29, 1.82) is 0 Å². The van der Waals surface area contributed by atoms with Crippen LogP contribution in [-0.2, 0) is 4.79 Å². The summed E-state index contributed by atoms with van der Waals surface area (Å²) in [5, 5.41) is 6.41. The summed E-state index contributed by atoms with van der Waals surface area (Å²) >= 11 is 0. The van der Waals surface area contributed by atoms with E-state index >= 15 is 0 Å². The van der Waals surface area contributed by atoms with Crippen molar-refractivity contribution < 1.29 is 9.53 Å². The Bertz CT molecular complexity index is 440. The zero-order valence-corrected chi connectivity index (χ0v) is 12.3. The van der Waals surface area contributed by atoms with Crippen LogP contribution in [0.5, 0.6) is 5.75 Å². The van der Waals surface area contributed by atoms with Gasteiger partial charge in [-0.1, -0.05) is 31.0 Å². The first-order valence-corrected chi connectivity index (χ1v) is 7.39. The molecule has 1 saturated heterocycles. The molecule has 20 heavy (non-hydrogen) atoms. The van der Waals surface area contributed by atoms with Gasteiger partial charge < -0.3 is 15.4 Å². The molecule has 1 fully saturated rings. The molecule has 0 saturated carbocycles. The average Bonchev–Trinajstić information content (AvgIpc) is 2.76. The maximum atomic E-state index is 12.3. The molecule has 1 heterocycles. The van der Waals surface area contributed by atoms with E-state index in [9.17, 15) is 4.79 Å². The van der Waals surface area contributed by atoms with Crippen molar-refractivity contribution in [3.8, 4) is 5.75 Å². The molecule has 110 valence electrons. The molecule has 0 aromatic heterocycles. The fourth-order valence-corrected chi connectivity index (χ4v) is 2.67. The van der Waals surface area contributed by atoms with Crippen LogP contribution in [0, 0.1) is 0 Å². The summed E-state index contributed by atoms with van der Waals surface area (Å²) in [7, 11) is 1.65. The van der Waals surface area contributed by atoms with Gasteiger partial charge in [0.2, 0.25) is 5.91 Å². The summed E-state index contributed by atoms with van der Waals surface area (Å²) in [4.78, 5) is 12.3. The molecule has 2 rings (SSSR count). The molecule has 1 amide bonds. The summed E-state index contributed by atoms with van der Waals surface area (Å²) < 4.78 is 5.35. The van der Waals surface area contributed by atoms with E-state index in [-0.39, 0.29) is 18.0 Å². The van der Waals surface area contributed by atoms with Gasteiger partial charge >= 0.3 is 0 Å². The van der Waals surface area contributed by atoms with Crippen LogP contribution in [0.1, 0.15) is 44.2 Å². The average molecular weight is 276 g/mol. The molecular formula is C16H24N2O2. The number of hydrogen-bond acceptors (Lipinski definition) is 3. The lowest BCUT2D eigenvalue weighted by Gasteiger charge is -2.21. The largest absolute Gasteiger partial charge is 0.496 e. The van der Waals surface area contributed by atoms with Gasteiger partial charge in [-0.25, -0.2) is 0 Å². The Morgan fingerprint density at radius 2 is 2.15 bits per heavy atom. The Hall–Kier alpha value is -1.55. The molecule has 2 atom stereocenters. The highest BCUT2D eigenvalue weighted by Gasteiger charge is 2.22. The number of ether oxygens (including phenoxy) is 1. The van der Waals surface area contributed by atoms with Crippen molar-refractivity contribution in [2.45, 2.75) is 44.7 Å². The molecule has 2 N–H and O–H groups in total. The minimum atomic E-state index is -0.0605. The van der Waals surface area contributed by atoms with E-state index in [1.165, 1.54) is 6.42 Å². The van der Waals surface area contributed by atoms with Gasteiger partial charge in [-0.2, -0.15) is 0 Å². The van der Waals surface area contributed by atoms with Crippen molar-refractivity contribution >= 4 is 5.91 Å². The summed E-state index contributed by atoms with van der Waals surface area (Å²) in [6.07, 6.45) is 4.41. The van der Waals surface area contributed by atoms with Crippen LogP contribution in [0.15, 0.2) is 24.3 Å². The lowest BCUT2D eigenvalue weighted by molar-refractivity contribution is -0.123. The van der Waals surface area contributed by atoms with Crippen LogP contribution in [0.4, 0.5) is 0 Å². The van der Waals surface area contributed by atoms with Gasteiger partial charge in [-0.15, -0.1) is 0 Å². The van der Waals surface area contributed by atoms with E-state index in [1.54, 1.807) is 7.11 Å². The summed E-state index contributed by atoms with van der Waals surface area (Å²) in [5.41, 5.74) is 1.01. The zero-order valence-electron chi connectivity index (χ0n) is 12.3. The highest BCUT2D eigenvalue weighted by Crippen LogP contribution is 2.24. The standard InChI is InChI=1S/C16H24N2O2/c1-12(13-8-5-6-10-15(13)20-2)18-16(19)14-9-4-3-7-11-17-14/h5-6,8,10,12,14,17H,3-4,7,9,11H2,1-2H3,(H,18,19)/t12-,14?/m1/s1. The van der Waals surface area contributed by atoms with Crippen LogP contribution in [0.2, 0.25) is 0 Å². The number of rotatable bonds is 4. The second kappa shape index (κ2) is 7.29. The van der Waals surface area contributed by atoms with Gasteiger partial charge in [-0.05, 0) is 32.4 Å². The molecule has 1 aliphatic heterocycles. The van der Waals surface area contributed by atoms with Crippen LogP contribution in [-0.4, -0.2) is 25.6 Å². The minimum Gasteiger partial charge on any atom is -0.496 e. The van der Waals surface area contributed by atoms with Crippen molar-refractivity contribution in [1.82, 2.24) is 10.6 Å². The number of amides is 1. The summed E-state index contributed by atoms with van der Waals surface area (Å²) in [6, 6.07) is 7.69. The smallest absolute Gasteiger partial charge is 0.237 e. The number of nitrogens with one attached hydrogen (secondary N) is 2. The number of carbonyl (C=O) groups is 1. The fraction of sp³-hybridized carbons (Fsp3) is 0.562. The molecular weight excluding hydrogens is 252 g/mol. The Labute approximate surface area is 120 Å². The van der Waals surface area contributed by atoms with Gasteiger partial charge in [0.15, 0.2) is 0 Å². The molecule has 0 bridgehead atoms. The molecule has 0 radical (unpaired) electrons. The lowest BCUT2D eigenvalue weighted by atomic mass is 10.1. The predicted molar refractivity (Wildman–Crippen MR) is 79.8 cm³/mol. The highest BCUT2D eigenvalue weighted by atomic mass is 16.5. The second-order valence-corrected chi connectivity index (χ2v) is 5.33. The number of methoxy groups -OCH3 is 1. The highest BCUT2D eigenvalue weighted by molar-refractivity contribution is 5.82. The summed E-state index contributed by atoms with van der Waals surface area (Å²) in [6.45, 7) is 2.92. The lowest BCUT2D eigenvalue weighted by Crippen LogP contribution is -2.44. The van der Waals surface area contributed by atoms with E-state index in [4.69, 9.17) is 4.74 Å². The Morgan fingerprint density at radius 3 is 2.95 bits per heavy atom. The quantitative estimate of drug-likeness (QED) is 0.888. The van der Waals surface area contributed by atoms with Crippen LogP contribution in [0.3, 0.4) is 0 Å². The zero-order chi connectivity index (χ0) is 14.4. The fourth-order valence-electron chi connectivity index (χ4n) is 2.67. The first-order chi connectivity index (χ1) is 9.72. The van der Waals surface area contributed by atoms with Gasteiger partial charge in [0.1, 0.15) is 5.75 Å². The summed E-state index contributed by atoms with van der Waals surface area (Å²) in [5.74, 6) is 0.902. The topological polar surface area (TPSA) is 50.4 Å². The number of benzene rings is 1. The van der Waals surface area contributed by atoms with E-state index < -0.39 is 0 Å². The van der Waals surface area contributed by atoms with Crippen molar-refractivity contribution in [3.63, 3.8) is 0 Å². The van der Waals surface area contributed by atoms with E-state index in [2.05, 4.69) is 10.6 Å². The van der Waals surface area contributed by atoms with Gasteiger partial charge in [0.25, 0.3) is 0 Å². The SMILES string of the molecule is COc1ccccc1[C@@H](C)NC(=O)C1CCCCCN1. The molecule has 4 heteroatoms. The molecule has 0 aliphatic carbocycles. The predicted octanol–water partition coefficient (Wildman–Crippen LogP) is 2.40. The van der Waals surface area contributed by atoms with E-state index in [1.807, 2.05) is 31.2 Å².